The van der Waals surface area contributed by atoms with Crippen molar-refractivity contribution >= 4 is 11.8 Å². The summed E-state index contributed by atoms with van der Waals surface area (Å²) in [5.74, 6) is -0.0895. The van der Waals surface area contributed by atoms with Crippen molar-refractivity contribution in [2.24, 2.45) is 11.8 Å². The van der Waals surface area contributed by atoms with Gasteiger partial charge in [-0.05, 0) is 56.4 Å². The molecule has 0 spiro atoms. The van der Waals surface area contributed by atoms with E-state index in [-0.39, 0.29) is 17.7 Å². The molecule has 1 aliphatic rings. The number of ether oxygens (including phenoxy) is 1. The highest BCUT2D eigenvalue weighted by molar-refractivity contribution is 5.94. The highest BCUT2D eigenvalue weighted by Crippen LogP contribution is 2.26. The second-order valence-electron chi connectivity index (χ2n) is 6.83. The number of rotatable bonds is 6. The quantitative estimate of drug-likeness (QED) is 0.560. The minimum atomic E-state index is -0.506. The summed E-state index contributed by atoms with van der Waals surface area (Å²) < 4.78 is 5.69. The fraction of sp³-hybridized carbons (Fsp3) is 0.429. The lowest BCUT2D eigenvalue weighted by atomic mass is 9.84. The highest BCUT2D eigenvalue weighted by Gasteiger charge is 2.30. The second-order valence-corrected chi connectivity index (χ2v) is 6.83. The van der Waals surface area contributed by atoms with Crippen molar-refractivity contribution in [1.82, 2.24) is 0 Å². The molecule has 0 bridgehead atoms. The molecule has 24 heavy (non-hydrogen) atoms. The van der Waals surface area contributed by atoms with E-state index < -0.39 is 6.10 Å². The Kier molecular flexibility index (Phi) is 6.53. The number of hydrogen-bond acceptors (Lipinski definition) is 3. The molecule has 0 aliphatic heterocycles. The summed E-state index contributed by atoms with van der Waals surface area (Å²) in [4.78, 5) is 24.7. The Hall–Kier alpha value is -2.16. The monoisotopic (exact) mass is 326 g/mol. The summed E-state index contributed by atoms with van der Waals surface area (Å²) in [6.45, 7) is 6.23. The summed E-state index contributed by atoms with van der Waals surface area (Å²) in [5, 5.41) is 0. The summed E-state index contributed by atoms with van der Waals surface area (Å²) in [6.07, 6.45) is 7.58. The lowest BCUT2D eigenvalue weighted by molar-refractivity contribution is -0.121. The topological polar surface area (TPSA) is 43.4 Å². The number of esters is 1. The number of hydrogen-bond donors (Lipinski definition) is 0. The molecule has 0 saturated carbocycles. The van der Waals surface area contributed by atoms with E-state index in [1.807, 2.05) is 25.1 Å². The normalized spacial score (nSPS) is 19.4. The Bertz CT molecular complexity index is 626. The van der Waals surface area contributed by atoms with Crippen molar-refractivity contribution in [2.75, 3.05) is 0 Å². The van der Waals surface area contributed by atoms with Gasteiger partial charge >= 0.3 is 5.97 Å². The first kappa shape index (κ1) is 18.2. The van der Waals surface area contributed by atoms with Crippen LogP contribution in [0.15, 0.2) is 54.1 Å². The van der Waals surface area contributed by atoms with Crippen LogP contribution in [-0.4, -0.2) is 17.9 Å². The van der Waals surface area contributed by atoms with Crippen molar-refractivity contribution in [3.63, 3.8) is 0 Å². The lowest BCUT2D eigenvalue weighted by Crippen LogP contribution is -2.32. The molecule has 2 atom stereocenters. The number of carbonyl (C=O) groups excluding carboxylic acids is 2. The van der Waals surface area contributed by atoms with Crippen LogP contribution in [-0.2, 0) is 9.53 Å². The van der Waals surface area contributed by atoms with Gasteiger partial charge in [-0.25, -0.2) is 4.79 Å². The van der Waals surface area contributed by atoms with Crippen molar-refractivity contribution < 1.29 is 14.3 Å². The zero-order valence-electron chi connectivity index (χ0n) is 14.7. The van der Waals surface area contributed by atoms with Crippen LogP contribution in [0.1, 0.15) is 50.4 Å². The summed E-state index contributed by atoms with van der Waals surface area (Å²) in [6, 6.07) is 8.92. The van der Waals surface area contributed by atoms with Crippen LogP contribution < -0.4 is 0 Å². The third-order valence-electron chi connectivity index (χ3n) is 4.19. The van der Waals surface area contributed by atoms with Crippen LogP contribution >= 0.6 is 0 Å². The number of benzene rings is 1. The van der Waals surface area contributed by atoms with Crippen LogP contribution in [0.2, 0.25) is 0 Å². The maximum Gasteiger partial charge on any atom is 0.338 e. The van der Waals surface area contributed by atoms with Crippen LogP contribution in [0.3, 0.4) is 0 Å². The predicted molar refractivity (Wildman–Crippen MR) is 95.7 cm³/mol. The summed E-state index contributed by atoms with van der Waals surface area (Å²) in [7, 11) is 0. The van der Waals surface area contributed by atoms with Crippen molar-refractivity contribution in [3.05, 3.63) is 59.7 Å². The van der Waals surface area contributed by atoms with Crippen molar-refractivity contribution in [3.8, 4) is 0 Å². The molecule has 0 N–H and O–H groups in total. The minimum Gasteiger partial charge on any atom is -0.454 e. The zero-order chi connectivity index (χ0) is 17.5. The molecule has 3 heteroatoms. The largest absolute Gasteiger partial charge is 0.454 e. The van der Waals surface area contributed by atoms with Gasteiger partial charge in [0.2, 0.25) is 0 Å². The van der Waals surface area contributed by atoms with Gasteiger partial charge in [0.15, 0.2) is 5.78 Å². The number of allylic oxidation sites excluding steroid dienone is 3. The molecule has 0 aromatic heterocycles. The molecule has 0 fully saturated rings. The Morgan fingerprint density at radius 1 is 1.29 bits per heavy atom. The third-order valence-corrected chi connectivity index (χ3v) is 4.19. The smallest absolute Gasteiger partial charge is 0.338 e. The molecule has 1 aromatic carbocycles. The first-order chi connectivity index (χ1) is 11.5. The van der Waals surface area contributed by atoms with Crippen molar-refractivity contribution in [1.29, 1.82) is 0 Å². The van der Waals surface area contributed by atoms with Gasteiger partial charge in [0.1, 0.15) is 6.10 Å². The maximum atomic E-state index is 12.4. The lowest BCUT2D eigenvalue weighted by Gasteiger charge is -2.26. The van der Waals surface area contributed by atoms with E-state index in [9.17, 15) is 9.59 Å². The maximum absolute atomic E-state index is 12.4. The van der Waals surface area contributed by atoms with Crippen LogP contribution in [0.4, 0.5) is 0 Å². The van der Waals surface area contributed by atoms with E-state index >= 15 is 0 Å². The van der Waals surface area contributed by atoms with Gasteiger partial charge in [-0.2, -0.15) is 0 Å². The molecular weight excluding hydrogens is 300 g/mol. The van der Waals surface area contributed by atoms with E-state index in [2.05, 4.69) is 13.8 Å². The van der Waals surface area contributed by atoms with Gasteiger partial charge in [0.05, 0.1) is 11.5 Å². The molecule has 0 saturated heterocycles. The first-order valence-electron chi connectivity index (χ1n) is 8.61. The molecule has 3 nitrogen and oxygen atoms in total. The minimum absolute atomic E-state index is 0.0545. The molecular formula is C21H26O3. The summed E-state index contributed by atoms with van der Waals surface area (Å²) in [5.41, 5.74) is 1.60. The molecule has 0 heterocycles. The molecule has 1 aliphatic carbocycles. The Morgan fingerprint density at radius 2 is 2.00 bits per heavy atom. The van der Waals surface area contributed by atoms with Crippen LogP contribution in [0, 0.1) is 11.8 Å². The molecule has 1 aromatic rings. The number of ketones is 1. The fourth-order valence-corrected chi connectivity index (χ4v) is 2.78. The van der Waals surface area contributed by atoms with Crippen LogP contribution in [0.5, 0.6) is 0 Å². The van der Waals surface area contributed by atoms with Gasteiger partial charge in [0, 0.05) is 0 Å². The van der Waals surface area contributed by atoms with Gasteiger partial charge in [-0.1, -0.05) is 43.7 Å². The molecule has 1 unspecified atom stereocenters. The average molecular weight is 326 g/mol. The van der Waals surface area contributed by atoms with E-state index in [4.69, 9.17) is 4.74 Å². The molecule has 128 valence electrons. The second kappa shape index (κ2) is 8.62. The Morgan fingerprint density at radius 3 is 2.62 bits per heavy atom. The zero-order valence-corrected chi connectivity index (χ0v) is 14.7. The third kappa shape index (κ3) is 5.19. The fourth-order valence-electron chi connectivity index (χ4n) is 2.78. The summed E-state index contributed by atoms with van der Waals surface area (Å²) >= 11 is 0. The van der Waals surface area contributed by atoms with Gasteiger partial charge < -0.3 is 4.74 Å². The van der Waals surface area contributed by atoms with Gasteiger partial charge in [0.25, 0.3) is 0 Å². The van der Waals surface area contributed by atoms with Gasteiger partial charge in [-0.15, -0.1) is 0 Å². The highest BCUT2D eigenvalue weighted by atomic mass is 16.5. The average Bonchev–Trinajstić information content (AvgIpc) is 2.54. The van der Waals surface area contributed by atoms with Crippen molar-refractivity contribution in [2.45, 2.75) is 46.1 Å². The van der Waals surface area contributed by atoms with E-state index in [1.54, 1.807) is 30.3 Å². The standard InChI is InChI=1S/C21H26O3/c1-15(2)8-7-11-20(18-13-12-16(3)14-19(18)22)24-21(23)17-9-5-4-6-10-17/h4-7,9-11,14-15,18,20H,8,12-13H2,1-3H3/b11-7+/t18-,20?/m1/s1. The van der Waals surface area contributed by atoms with E-state index in [0.717, 1.165) is 24.8 Å². The molecule has 0 radical (unpaired) electrons. The Labute approximate surface area is 144 Å². The Balaban J connectivity index is 2.15. The molecule has 2 rings (SSSR count). The SMILES string of the molecule is CC1=CC(=O)[C@H](C(/C=C/CC(C)C)OC(=O)c2ccccc2)CC1. The predicted octanol–water partition coefficient (Wildman–Crippen LogP) is 4.74. The van der Waals surface area contributed by atoms with E-state index in [0.29, 0.717) is 11.5 Å². The van der Waals surface area contributed by atoms with E-state index in [1.165, 1.54) is 0 Å². The molecule has 0 amide bonds. The van der Waals surface area contributed by atoms with Gasteiger partial charge in [-0.3, -0.25) is 4.79 Å². The van der Waals surface area contributed by atoms with Crippen LogP contribution in [0.25, 0.3) is 0 Å². The first-order valence-corrected chi connectivity index (χ1v) is 8.61. The number of carbonyl (C=O) groups is 2.